The molecule has 10 aliphatic rings. The van der Waals surface area contributed by atoms with Crippen molar-refractivity contribution < 1.29 is 79.7 Å². The third kappa shape index (κ3) is 1.73. The summed E-state index contributed by atoms with van der Waals surface area (Å²) in [5, 5.41) is 32.7. The van der Waals surface area contributed by atoms with Gasteiger partial charge < -0.3 is 15.3 Å². The number of aliphatic hydroxyl groups is 2. The van der Waals surface area contributed by atoms with Crippen LogP contribution in [0.15, 0.2) is 9.59 Å². The Labute approximate surface area is 180 Å². The van der Waals surface area contributed by atoms with Crippen molar-refractivity contribution in [2.24, 2.45) is 0 Å². The smallest absolute Gasteiger partial charge is 0.500 e. The first-order chi connectivity index (χ1) is 15.7. The normalized spacial score (nSPS) is 57.4. The molecule has 1 aromatic heterocycles. The molecule has 11 heterocycles. The van der Waals surface area contributed by atoms with E-state index in [0.29, 0.717) is 0 Å². The van der Waals surface area contributed by atoms with Crippen LogP contribution in [0.25, 0.3) is 0 Å². The molecule has 1 spiro atoms. The fourth-order valence-corrected chi connectivity index (χ4v) is 8.44. The van der Waals surface area contributed by atoms with Gasteiger partial charge in [0.2, 0.25) is 11.6 Å². The van der Waals surface area contributed by atoms with E-state index in [9.17, 15) is 38.6 Å². The number of nitrogens with zero attached hydrogens (tertiary/aromatic N) is 2. The minimum Gasteiger partial charge on any atom is -0.500 e. The van der Waals surface area contributed by atoms with Crippen LogP contribution in [0.1, 0.15) is 0 Å². The minimum atomic E-state index is -5.19. The molecule has 0 aliphatic carbocycles. The van der Waals surface area contributed by atoms with Gasteiger partial charge in [0.05, 0.1) is 0 Å². The van der Waals surface area contributed by atoms with Crippen LogP contribution in [0.3, 0.4) is 0 Å². The second-order valence-corrected chi connectivity index (χ2v) is 11.6. The molecule has 7 saturated heterocycles. The first kappa shape index (κ1) is 20.6. The zero-order chi connectivity index (χ0) is 23.9. The van der Waals surface area contributed by atoms with Gasteiger partial charge in [0.25, 0.3) is 0 Å². The lowest BCUT2D eigenvalue weighted by molar-refractivity contribution is -0.503. The molecule has 184 valence electrons. The van der Waals surface area contributed by atoms with Gasteiger partial charge in [-0.3, -0.25) is 14.5 Å². The summed E-state index contributed by atoms with van der Waals surface area (Å²) < 4.78 is 86.1. The fourth-order valence-electron chi connectivity index (χ4n) is 4.32. The summed E-state index contributed by atoms with van der Waals surface area (Å²) in [4.78, 5) is 32.6. The van der Waals surface area contributed by atoms with Crippen LogP contribution in [0.5, 0.6) is 5.75 Å². The molecule has 5 atom stereocenters. The summed E-state index contributed by atoms with van der Waals surface area (Å²) in [5.74, 6) is -20.0. The van der Waals surface area contributed by atoms with Crippen molar-refractivity contribution in [1.82, 2.24) is 9.55 Å². The highest BCUT2D eigenvalue weighted by atomic mass is 31.2. The van der Waals surface area contributed by atoms with Crippen molar-refractivity contribution in [3.63, 3.8) is 0 Å². The molecule has 0 saturated carbocycles. The van der Waals surface area contributed by atoms with E-state index in [0.717, 1.165) is 0 Å². The molecule has 10 bridgehead atoms. The fraction of sp³-hybridized carbons (Fsp3) is 0.556. The van der Waals surface area contributed by atoms with Crippen LogP contribution in [0.2, 0.25) is 0 Å². The zero-order valence-corrected chi connectivity index (χ0v) is 17.8. The summed E-state index contributed by atoms with van der Waals surface area (Å²) in [7, 11) is -14.8. The number of rotatable bonds is 0. The van der Waals surface area contributed by atoms with E-state index in [1.165, 1.54) is 0 Å². The largest absolute Gasteiger partial charge is 0.549 e. The molecule has 10 aliphatic heterocycles. The Morgan fingerprint density at radius 1 is 0.853 bits per heavy atom. The number of fused-ring (bicyclic) bond motifs is 2. The molecule has 11 rings (SSSR count). The van der Waals surface area contributed by atoms with Crippen molar-refractivity contribution in [3.8, 4) is 5.75 Å². The number of ether oxygens (including phenoxy) is 1. The number of hydrogen-bond acceptors (Lipinski definition) is 20. The molecule has 1 aromatic rings. The van der Waals surface area contributed by atoms with E-state index in [1.807, 2.05) is 4.98 Å². The lowest BCUT2D eigenvalue weighted by Crippen LogP contribution is -2.72. The average Bonchev–Trinajstić information content (AvgIpc) is 3.24. The summed E-state index contributed by atoms with van der Waals surface area (Å²) in [6.45, 7) is 0. The standard InChI is InChI=1S/C9H4N3O19P3/c13-1-2-10-4(15)11(3(1)14)8-5(16)6(24-32(18,23-5)26-8,22-31-34(20)29-12(2)30-34)7(21-8)9(17)27-33(19,25-7)28-9/h13,16-17H,(H,10,15)/t5-,6+,7-,8?,9?,32?,33?/m1/s1. The Bertz CT molecular complexity index is 1510. The van der Waals surface area contributed by atoms with Gasteiger partial charge in [-0.15, -0.1) is 13.9 Å². The second kappa shape index (κ2) is 4.99. The summed E-state index contributed by atoms with van der Waals surface area (Å²) >= 11 is 0. The third-order valence-corrected chi connectivity index (χ3v) is 9.38. The van der Waals surface area contributed by atoms with E-state index in [4.69, 9.17) is 27.7 Å². The topological polar surface area (TPSA) is 272 Å². The monoisotopic (exact) mass is 551 g/mol. The van der Waals surface area contributed by atoms with Crippen molar-refractivity contribution in [1.29, 1.82) is 0 Å². The first-order valence-electron chi connectivity index (χ1n) is 8.53. The SMILES string of the molecule is O=c1[nH]c2c(O)c(=O)n1C13O[C@@]4(OP5(=O)OC4(O)O5)[C@@]4(OOP5(=O)ON2O5)OP(=O)(O1)O[C@@]34O. The predicted molar refractivity (Wildman–Crippen MR) is 83.6 cm³/mol. The lowest BCUT2D eigenvalue weighted by atomic mass is 9.95. The number of phosphoric ester groups is 2. The van der Waals surface area contributed by atoms with Gasteiger partial charge >= 0.3 is 64.0 Å². The molecule has 0 radical (unpaired) electrons. The maximum absolute atomic E-state index is 13.1. The van der Waals surface area contributed by atoms with Gasteiger partial charge in [0.15, 0.2) is 0 Å². The molecule has 4 N–H and O–H groups in total. The Morgan fingerprint density at radius 2 is 1.50 bits per heavy atom. The van der Waals surface area contributed by atoms with Gasteiger partial charge in [0.1, 0.15) is 0 Å². The predicted octanol–water partition coefficient (Wildman–Crippen LogP) is -2.27. The summed E-state index contributed by atoms with van der Waals surface area (Å²) in [5.41, 5.74) is -3.37. The Hall–Kier alpha value is -1.55. The van der Waals surface area contributed by atoms with Crippen molar-refractivity contribution in [2.45, 2.75) is 29.2 Å². The highest BCUT2D eigenvalue weighted by Crippen LogP contribution is 2.90. The summed E-state index contributed by atoms with van der Waals surface area (Å²) in [6.07, 6.45) is 0. The molecular formula is C9H4N3O19P3. The molecule has 22 nitrogen and oxygen atoms in total. The van der Waals surface area contributed by atoms with Crippen LogP contribution in [0.4, 0.5) is 5.82 Å². The maximum atomic E-state index is 13.1. The number of aromatic nitrogens is 2. The van der Waals surface area contributed by atoms with E-state index >= 15 is 0 Å². The number of hydrogen-bond donors (Lipinski definition) is 4. The van der Waals surface area contributed by atoms with Crippen molar-refractivity contribution in [3.05, 3.63) is 20.8 Å². The number of H-pyrrole nitrogens is 1. The molecule has 0 aromatic carbocycles. The molecular weight excluding hydrogens is 547 g/mol. The van der Waals surface area contributed by atoms with Crippen LogP contribution >= 0.6 is 23.5 Å². The highest BCUT2D eigenvalue weighted by Gasteiger charge is 3.07. The van der Waals surface area contributed by atoms with Gasteiger partial charge in [0, 0.05) is 0 Å². The number of aromatic amines is 1. The minimum absolute atomic E-state index is 0.0910. The molecule has 2 unspecified atom stereocenters. The number of aromatic hydroxyl groups is 1. The second-order valence-electron chi connectivity index (χ2n) is 7.38. The third-order valence-electron chi connectivity index (χ3n) is 5.57. The molecule has 34 heavy (non-hydrogen) atoms. The number of nitrogens with one attached hydrogen (secondary N) is 1. The highest BCUT2D eigenvalue weighted by molar-refractivity contribution is 7.50. The van der Waals surface area contributed by atoms with E-state index in [1.54, 1.807) is 0 Å². The molecule has 7 fully saturated rings. The van der Waals surface area contributed by atoms with Gasteiger partial charge in [-0.1, -0.05) is 5.23 Å². The Kier molecular flexibility index (Phi) is 3.03. The van der Waals surface area contributed by atoms with E-state index < -0.39 is 75.5 Å². The van der Waals surface area contributed by atoms with Gasteiger partial charge in [-0.2, -0.15) is 9.45 Å². The van der Waals surface area contributed by atoms with Gasteiger partial charge in [-0.05, 0) is 0 Å². The quantitative estimate of drug-likeness (QED) is 0.195. The Balaban J connectivity index is 1.52. The number of anilines is 1. The maximum Gasteiger partial charge on any atom is 0.549 e. The van der Waals surface area contributed by atoms with Crippen LogP contribution in [-0.4, -0.2) is 48.2 Å². The summed E-state index contributed by atoms with van der Waals surface area (Å²) in [6, 6.07) is 0. The van der Waals surface area contributed by atoms with E-state index in [-0.39, 0.29) is 9.79 Å². The van der Waals surface area contributed by atoms with Crippen molar-refractivity contribution in [2.75, 3.05) is 5.23 Å². The first-order valence-corrected chi connectivity index (χ1v) is 12.9. The Morgan fingerprint density at radius 3 is 2.12 bits per heavy atom. The van der Waals surface area contributed by atoms with E-state index in [2.05, 4.69) is 23.0 Å². The van der Waals surface area contributed by atoms with Crippen LogP contribution in [0, 0.1) is 0 Å². The van der Waals surface area contributed by atoms with Crippen LogP contribution in [-0.2, 0) is 70.3 Å². The molecule has 0 amide bonds. The van der Waals surface area contributed by atoms with Crippen molar-refractivity contribution >= 4 is 29.3 Å². The molecule has 25 heteroatoms. The van der Waals surface area contributed by atoms with Gasteiger partial charge in [-0.25, -0.2) is 45.6 Å². The van der Waals surface area contributed by atoms with Crippen LogP contribution < -0.4 is 16.5 Å². The average molecular weight is 551 g/mol. The number of phosphoric acid groups is 3. The lowest BCUT2D eigenvalue weighted by Gasteiger charge is -2.42. The zero-order valence-electron chi connectivity index (χ0n) is 15.1.